The molecule has 1 heterocycles. The number of benzene rings is 1. The van der Waals surface area contributed by atoms with Gasteiger partial charge >= 0.3 is 0 Å². The van der Waals surface area contributed by atoms with E-state index in [1.807, 2.05) is 6.07 Å². The van der Waals surface area contributed by atoms with Crippen LogP contribution in [-0.2, 0) is 11.2 Å². The number of carbonyl (C=O) groups excluding carboxylic acids is 1. The van der Waals surface area contributed by atoms with Gasteiger partial charge in [-0.25, -0.2) is 0 Å². The normalized spacial score (nSPS) is 21.2. The lowest BCUT2D eigenvalue weighted by atomic mass is 9.91. The second kappa shape index (κ2) is 4.79. The van der Waals surface area contributed by atoms with Gasteiger partial charge in [-0.3, -0.25) is 4.79 Å². The zero-order valence-electron chi connectivity index (χ0n) is 10.1. The van der Waals surface area contributed by atoms with Gasteiger partial charge in [0.15, 0.2) is 0 Å². The van der Waals surface area contributed by atoms with Crippen molar-refractivity contribution < 1.29 is 4.79 Å². The molecule has 1 aromatic carbocycles. The number of likely N-dealkylation sites (N-methyl/N-ethyl adjacent to an activating group) is 1. The van der Waals surface area contributed by atoms with E-state index in [1.165, 1.54) is 24.1 Å². The molecule has 0 bridgehead atoms. The van der Waals surface area contributed by atoms with Crippen molar-refractivity contribution in [1.29, 1.82) is 0 Å². The van der Waals surface area contributed by atoms with Crippen LogP contribution in [0.25, 0.3) is 0 Å². The Bertz CT molecular complexity index is 386. The van der Waals surface area contributed by atoms with E-state index in [2.05, 4.69) is 30.1 Å². The van der Waals surface area contributed by atoms with Crippen molar-refractivity contribution in [2.24, 2.45) is 0 Å². The Balaban J connectivity index is 2.22. The van der Waals surface area contributed by atoms with Crippen LogP contribution in [0.1, 0.15) is 30.4 Å². The number of carbonyl (C=O) groups is 1. The summed E-state index contributed by atoms with van der Waals surface area (Å²) in [4.78, 5) is 13.6. The summed E-state index contributed by atoms with van der Waals surface area (Å²) in [6.07, 6.45) is 1.79. The van der Waals surface area contributed by atoms with Crippen molar-refractivity contribution >= 4 is 5.78 Å². The molecule has 2 rings (SSSR count). The molecule has 2 nitrogen and oxygen atoms in total. The highest BCUT2D eigenvalue weighted by molar-refractivity contribution is 5.78. The zero-order chi connectivity index (χ0) is 11.5. The lowest BCUT2D eigenvalue weighted by Crippen LogP contribution is -2.14. The third-order valence-electron chi connectivity index (χ3n) is 3.33. The van der Waals surface area contributed by atoms with Gasteiger partial charge in [-0.2, -0.15) is 0 Å². The average molecular weight is 217 g/mol. The largest absolute Gasteiger partial charge is 0.306 e. The molecule has 1 saturated heterocycles. The molecule has 1 aliphatic rings. The predicted molar refractivity (Wildman–Crippen MR) is 65.7 cm³/mol. The minimum Gasteiger partial charge on any atom is -0.306 e. The number of nitrogens with zero attached hydrogens (tertiary/aromatic N) is 1. The topological polar surface area (TPSA) is 20.3 Å². The summed E-state index contributed by atoms with van der Waals surface area (Å²) in [6.45, 7) is 3.95. The summed E-state index contributed by atoms with van der Waals surface area (Å²) in [5.41, 5.74) is 2.59. The van der Waals surface area contributed by atoms with E-state index >= 15 is 0 Å². The van der Waals surface area contributed by atoms with Crippen molar-refractivity contribution in [2.75, 3.05) is 20.1 Å². The Hall–Kier alpha value is -1.15. The van der Waals surface area contributed by atoms with Crippen molar-refractivity contribution in [1.82, 2.24) is 4.90 Å². The monoisotopic (exact) mass is 217 g/mol. The highest BCUT2D eigenvalue weighted by Crippen LogP contribution is 2.29. The molecular weight excluding hydrogens is 198 g/mol. The summed E-state index contributed by atoms with van der Waals surface area (Å²) < 4.78 is 0. The maximum Gasteiger partial charge on any atom is 0.134 e. The molecule has 16 heavy (non-hydrogen) atoms. The SMILES string of the molecule is CC(=O)Cc1ccccc1C1CCN(C)C1. The van der Waals surface area contributed by atoms with Crippen molar-refractivity contribution in [2.45, 2.75) is 25.7 Å². The second-order valence-electron chi connectivity index (χ2n) is 4.83. The van der Waals surface area contributed by atoms with Crippen LogP contribution in [0.15, 0.2) is 24.3 Å². The summed E-state index contributed by atoms with van der Waals surface area (Å²) in [7, 11) is 2.16. The fourth-order valence-electron chi connectivity index (χ4n) is 2.55. The van der Waals surface area contributed by atoms with Gasteiger partial charge < -0.3 is 4.90 Å². The first-order chi connectivity index (χ1) is 7.66. The third kappa shape index (κ3) is 2.50. The Morgan fingerprint density at radius 3 is 2.81 bits per heavy atom. The Morgan fingerprint density at radius 1 is 1.44 bits per heavy atom. The van der Waals surface area contributed by atoms with Crippen LogP contribution in [0.2, 0.25) is 0 Å². The fraction of sp³-hybridized carbons (Fsp3) is 0.500. The summed E-state index contributed by atoms with van der Waals surface area (Å²) in [6, 6.07) is 8.38. The molecule has 0 N–H and O–H groups in total. The molecular formula is C14H19NO. The van der Waals surface area contributed by atoms with Crippen molar-refractivity contribution in [3.8, 4) is 0 Å². The van der Waals surface area contributed by atoms with Crippen molar-refractivity contribution in [3.05, 3.63) is 35.4 Å². The van der Waals surface area contributed by atoms with Crippen LogP contribution >= 0.6 is 0 Å². The first-order valence-corrected chi connectivity index (χ1v) is 5.92. The standard InChI is InChI=1S/C14H19NO/c1-11(16)9-12-5-3-4-6-14(12)13-7-8-15(2)10-13/h3-6,13H,7-10H2,1-2H3. The molecule has 86 valence electrons. The molecule has 2 heteroatoms. The Kier molecular flexibility index (Phi) is 3.39. The zero-order valence-corrected chi connectivity index (χ0v) is 10.1. The molecule has 0 aromatic heterocycles. The summed E-state index contributed by atoms with van der Waals surface area (Å²) in [5.74, 6) is 0.861. The van der Waals surface area contributed by atoms with E-state index in [1.54, 1.807) is 6.92 Å². The molecule has 0 amide bonds. The number of hydrogen-bond donors (Lipinski definition) is 0. The van der Waals surface area contributed by atoms with Gasteiger partial charge in [0.05, 0.1) is 0 Å². The third-order valence-corrected chi connectivity index (χ3v) is 3.33. The molecule has 1 fully saturated rings. The van der Waals surface area contributed by atoms with Crippen LogP contribution in [-0.4, -0.2) is 30.8 Å². The number of ketones is 1. The molecule has 1 aliphatic heterocycles. The minimum absolute atomic E-state index is 0.249. The molecule has 0 radical (unpaired) electrons. The van der Waals surface area contributed by atoms with Crippen molar-refractivity contribution in [3.63, 3.8) is 0 Å². The van der Waals surface area contributed by atoms with Crippen LogP contribution < -0.4 is 0 Å². The molecule has 1 aromatic rings. The lowest BCUT2D eigenvalue weighted by molar-refractivity contribution is -0.116. The van der Waals surface area contributed by atoms with Gasteiger partial charge in [0, 0.05) is 13.0 Å². The number of hydrogen-bond acceptors (Lipinski definition) is 2. The van der Waals surface area contributed by atoms with Crippen LogP contribution in [0, 0.1) is 0 Å². The quantitative estimate of drug-likeness (QED) is 0.774. The van der Waals surface area contributed by atoms with Crippen LogP contribution in [0.4, 0.5) is 0 Å². The van der Waals surface area contributed by atoms with Gasteiger partial charge in [0.1, 0.15) is 5.78 Å². The van der Waals surface area contributed by atoms with Gasteiger partial charge in [-0.05, 0) is 44.0 Å². The predicted octanol–water partition coefficient (Wildman–Crippen LogP) is 2.24. The first-order valence-electron chi connectivity index (χ1n) is 5.92. The number of Topliss-reactive ketones (excluding diaryl/α,β-unsaturated/α-hetero) is 1. The second-order valence-corrected chi connectivity index (χ2v) is 4.83. The molecule has 0 saturated carbocycles. The lowest BCUT2D eigenvalue weighted by Gasteiger charge is -2.15. The Morgan fingerprint density at radius 2 is 2.19 bits per heavy atom. The van der Waals surface area contributed by atoms with Crippen LogP contribution in [0.3, 0.4) is 0 Å². The highest BCUT2D eigenvalue weighted by atomic mass is 16.1. The van der Waals surface area contributed by atoms with E-state index in [4.69, 9.17) is 0 Å². The smallest absolute Gasteiger partial charge is 0.134 e. The highest BCUT2D eigenvalue weighted by Gasteiger charge is 2.22. The van der Waals surface area contributed by atoms with Crippen LogP contribution in [0.5, 0.6) is 0 Å². The van der Waals surface area contributed by atoms with E-state index < -0.39 is 0 Å². The minimum atomic E-state index is 0.249. The first kappa shape index (κ1) is 11.3. The van der Waals surface area contributed by atoms with E-state index in [0.29, 0.717) is 12.3 Å². The summed E-state index contributed by atoms with van der Waals surface area (Å²) in [5, 5.41) is 0. The maximum atomic E-state index is 11.2. The van der Waals surface area contributed by atoms with Gasteiger partial charge in [0.25, 0.3) is 0 Å². The molecule has 1 atom stereocenters. The van der Waals surface area contributed by atoms with E-state index in [0.717, 1.165) is 6.54 Å². The average Bonchev–Trinajstić information content (AvgIpc) is 2.65. The summed E-state index contributed by atoms with van der Waals surface area (Å²) >= 11 is 0. The number of likely N-dealkylation sites (tertiary alicyclic amines) is 1. The Labute approximate surface area is 97.3 Å². The van der Waals surface area contributed by atoms with Gasteiger partial charge in [-0.15, -0.1) is 0 Å². The maximum absolute atomic E-state index is 11.2. The fourth-order valence-corrected chi connectivity index (χ4v) is 2.55. The molecule has 0 aliphatic carbocycles. The molecule has 1 unspecified atom stereocenters. The number of rotatable bonds is 3. The van der Waals surface area contributed by atoms with E-state index in [9.17, 15) is 4.79 Å². The molecule has 0 spiro atoms. The van der Waals surface area contributed by atoms with Gasteiger partial charge in [0.2, 0.25) is 0 Å². The van der Waals surface area contributed by atoms with E-state index in [-0.39, 0.29) is 5.78 Å². The van der Waals surface area contributed by atoms with Gasteiger partial charge in [-0.1, -0.05) is 24.3 Å².